The van der Waals surface area contributed by atoms with Gasteiger partial charge in [0, 0.05) is 0 Å². The van der Waals surface area contributed by atoms with Gasteiger partial charge in [-0.1, -0.05) is 72.3 Å². The van der Waals surface area contributed by atoms with Crippen LogP contribution >= 0.6 is 43.6 Å². The van der Waals surface area contributed by atoms with Crippen LogP contribution in [0, 0.1) is 6.92 Å². The van der Waals surface area contributed by atoms with Crippen LogP contribution in [0.2, 0.25) is 0 Å². The molecule has 0 unspecified atom stereocenters. The summed E-state index contributed by atoms with van der Waals surface area (Å²) < 4.78 is 7.55. The summed E-state index contributed by atoms with van der Waals surface area (Å²) in [7, 11) is 0. The SMILES string of the molecule is Cc1cccc(COc2c(Br)cc(/C=C3\SC(=O)N(Cc4cccc5ccccc45)C3=O)cc2Br)c1. The van der Waals surface area contributed by atoms with Crippen molar-refractivity contribution >= 4 is 71.6 Å². The molecule has 4 aromatic carbocycles. The lowest BCUT2D eigenvalue weighted by Gasteiger charge is -2.14. The molecule has 4 aromatic rings. The van der Waals surface area contributed by atoms with E-state index >= 15 is 0 Å². The van der Waals surface area contributed by atoms with Gasteiger partial charge in [0.1, 0.15) is 12.4 Å². The second-order valence-corrected chi connectivity index (χ2v) is 11.2. The third-order valence-electron chi connectivity index (χ3n) is 5.87. The monoisotopic (exact) mass is 621 g/mol. The number of hydrogen-bond donors (Lipinski definition) is 0. The minimum Gasteiger partial charge on any atom is -0.487 e. The summed E-state index contributed by atoms with van der Waals surface area (Å²) in [4.78, 5) is 27.6. The minimum absolute atomic E-state index is 0.239. The van der Waals surface area contributed by atoms with Crippen molar-refractivity contribution in [3.63, 3.8) is 0 Å². The Morgan fingerprint density at radius 2 is 1.64 bits per heavy atom. The summed E-state index contributed by atoms with van der Waals surface area (Å²) in [5, 5.41) is 1.85. The molecule has 0 saturated carbocycles. The van der Waals surface area contributed by atoms with E-state index < -0.39 is 0 Å². The molecule has 1 aliphatic rings. The van der Waals surface area contributed by atoms with Crippen molar-refractivity contribution in [2.75, 3.05) is 0 Å². The average Bonchev–Trinajstić information content (AvgIpc) is 3.11. The zero-order chi connectivity index (χ0) is 25.2. The fourth-order valence-electron chi connectivity index (χ4n) is 4.15. The van der Waals surface area contributed by atoms with E-state index in [1.165, 1.54) is 10.5 Å². The standard InChI is InChI=1S/C29H21Br2NO3S/c1-18-6-4-7-19(12-18)17-35-27-24(30)13-20(14-25(27)31)15-26-28(33)32(29(34)36-26)16-22-10-5-9-21-8-2-3-11-23(21)22/h2-15H,16-17H2,1H3/b26-15-. The van der Waals surface area contributed by atoms with Gasteiger partial charge in [0.2, 0.25) is 0 Å². The molecule has 7 heteroatoms. The molecule has 1 heterocycles. The summed E-state index contributed by atoms with van der Waals surface area (Å²) >= 11 is 8.14. The van der Waals surface area contributed by atoms with Crippen LogP contribution in [0.3, 0.4) is 0 Å². The normalized spacial score (nSPS) is 14.8. The molecule has 180 valence electrons. The number of carbonyl (C=O) groups excluding carboxylic acids is 2. The number of thioether (sulfide) groups is 1. The van der Waals surface area contributed by atoms with E-state index in [2.05, 4.69) is 37.9 Å². The predicted octanol–water partition coefficient (Wildman–Crippen LogP) is 8.49. The van der Waals surface area contributed by atoms with Gasteiger partial charge in [0.25, 0.3) is 11.1 Å². The van der Waals surface area contributed by atoms with Crippen LogP contribution in [0.25, 0.3) is 16.8 Å². The maximum absolute atomic E-state index is 13.2. The minimum atomic E-state index is -0.287. The first-order valence-corrected chi connectivity index (χ1v) is 13.7. The van der Waals surface area contributed by atoms with E-state index in [-0.39, 0.29) is 17.7 Å². The van der Waals surface area contributed by atoms with E-state index in [0.29, 0.717) is 17.3 Å². The summed E-state index contributed by atoms with van der Waals surface area (Å²) in [6.07, 6.45) is 1.74. The van der Waals surface area contributed by atoms with E-state index in [1.54, 1.807) is 6.08 Å². The largest absolute Gasteiger partial charge is 0.487 e. The van der Waals surface area contributed by atoms with Gasteiger partial charge in [0.05, 0.1) is 20.4 Å². The van der Waals surface area contributed by atoms with Crippen LogP contribution in [0.5, 0.6) is 5.75 Å². The maximum atomic E-state index is 13.2. The van der Waals surface area contributed by atoms with Crippen molar-refractivity contribution in [1.82, 2.24) is 4.90 Å². The number of ether oxygens (including phenoxy) is 1. The third kappa shape index (κ3) is 5.28. The number of fused-ring (bicyclic) bond motifs is 1. The molecule has 2 amide bonds. The number of carbonyl (C=O) groups is 2. The molecule has 1 aliphatic heterocycles. The van der Waals surface area contributed by atoms with Gasteiger partial charge in [0.15, 0.2) is 0 Å². The van der Waals surface area contributed by atoms with E-state index in [4.69, 9.17) is 4.74 Å². The number of imide groups is 1. The van der Waals surface area contributed by atoms with E-state index in [0.717, 1.165) is 48.2 Å². The number of rotatable bonds is 6. The molecule has 1 fully saturated rings. The van der Waals surface area contributed by atoms with Crippen molar-refractivity contribution < 1.29 is 14.3 Å². The summed E-state index contributed by atoms with van der Waals surface area (Å²) in [6.45, 7) is 2.72. The molecular formula is C29H21Br2NO3S. The van der Waals surface area contributed by atoms with Crippen molar-refractivity contribution in [2.24, 2.45) is 0 Å². The predicted molar refractivity (Wildman–Crippen MR) is 153 cm³/mol. The highest BCUT2D eigenvalue weighted by atomic mass is 79.9. The second kappa shape index (κ2) is 10.6. The molecule has 0 atom stereocenters. The molecule has 0 aliphatic carbocycles. The van der Waals surface area contributed by atoms with Crippen LogP contribution in [0.4, 0.5) is 4.79 Å². The van der Waals surface area contributed by atoms with Crippen LogP contribution in [0.15, 0.2) is 92.7 Å². The molecule has 0 spiro atoms. The highest BCUT2D eigenvalue weighted by Gasteiger charge is 2.35. The lowest BCUT2D eigenvalue weighted by atomic mass is 10.0. The summed E-state index contributed by atoms with van der Waals surface area (Å²) in [5.74, 6) is 0.391. The van der Waals surface area contributed by atoms with Crippen molar-refractivity contribution in [1.29, 1.82) is 0 Å². The van der Waals surface area contributed by atoms with E-state index in [9.17, 15) is 9.59 Å². The highest BCUT2D eigenvalue weighted by Crippen LogP contribution is 2.38. The van der Waals surface area contributed by atoms with Crippen molar-refractivity contribution in [3.05, 3.63) is 115 Å². The summed E-state index contributed by atoms with van der Waals surface area (Å²) in [6, 6.07) is 25.8. The molecule has 36 heavy (non-hydrogen) atoms. The van der Waals surface area contributed by atoms with Crippen LogP contribution in [-0.2, 0) is 17.9 Å². The Balaban J connectivity index is 1.34. The number of amides is 2. The first kappa shape index (κ1) is 24.8. The van der Waals surface area contributed by atoms with Gasteiger partial charge >= 0.3 is 0 Å². The second-order valence-electron chi connectivity index (χ2n) is 8.50. The first-order valence-electron chi connectivity index (χ1n) is 11.3. The third-order valence-corrected chi connectivity index (χ3v) is 7.95. The van der Waals surface area contributed by atoms with E-state index in [1.807, 2.05) is 79.7 Å². The van der Waals surface area contributed by atoms with Crippen molar-refractivity contribution in [2.45, 2.75) is 20.1 Å². The van der Waals surface area contributed by atoms with Gasteiger partial charge in [-0.05, 0) is 96.2 Å². The van der Waals surface area contributed by atoms with Crippen LogP contribution < -0.4 is 4.74 Å². The summed E-state index contributed by atoms with van der Waals surface area (Å²) in [5.41, 5.74) is 3.99. The molecule has 0 N–H and O–H groups in total. The Labute approximate surface area is 230 Å². The number of benzene rings is 4. The Morgan fingerprint density at radius 3 is 2.42 bits per heavy atom. The number of hydrogen-bond acceptors (Lipinski definition) is 4. The smallest absolute Gasteiger partial charge is 0.293 e. The fraction of sp³-hybridized carbons (Fsp3) is 0.103. The molecule has 4 nitrogen and oxygen atoms in total. The lowest BCUT2D eigenvalue weighted by Crippen LogP contribution is -2.27. The highest BCUT2D eigenvalue weighted by molar-refractivity contribution is 9.11. The topological polar surface area (TPSA) is 46.6 Å². The van der Waals surface area contributed by atoms with Gasteiger partial charge in [-0.25, -0.2) is 0 Å². The maximum Gasteiger partial charge on any atom is 0.293 e. The number of halogens is 2. The Morgan fingerprint density at radius 1 is 0.917 bits per heavy atom. The Kier molecular flexibility index (Phi) is 7.32. The molecule has 0 aromatic heterocycles. The molecular weight excluding hydrogens is 602 g/mol. The van der Waals surface area contributed by atoms with Gasteiger partial charge in [-0.15, -0.1) is 0 Å². The van der Waals surface area contributed by atoms with Gasteiger partial charge in [-0.3, -0.25) is 14.5 Å². The molecule has 5 rings (SSSR count). The molecule has 0 radical (unpaired) electrons. The molecule has 0 bridgehead atoms. The number of nitrogens with zero attached hydrogens (tertiary/aromatic N) is 1. The fourth-order valence-corrected chi connectivity index (χ4v) is 6.44. The average molecular weight is 623 g/mol. The lowest BCUT2D eigenvalue weighted by molar-refractivity contribution is -0.123. The van der Waals surface area contributed by atoms with Crippen LogP contribution in [-0.4, -0.2) is 16.0 Å². The van der Waals surface area contributed by atoms with Crippen molar-refractivity contribution in [3.8, 4) is 5.75 Å². The number of aryl methyl sites for hydroxylation is 1. The zero-order valence-corrected chi connectivity index (χ0v) is 23.3. The van der Waals surface area contributed by atoms with Crippen LogP contribution in [0.1, 0.15) is 22.3 Å². The first-order chi connectivity index (χ1) is 17.4. The van der Waals surface area contributed by atoms with Gasteiger partial charge in [-0.2, -0.15) is 0 Å². The Bertz CT molecular complexity index is 1500. The quantitative estimate of drug-likeness (QED) is 0.202. The van der Waals surface area contributed by atoms with Gasteiger partial charge < -0.3 is 4.74 Å². The molecule has 1 saturated heterocycles. The zero-order valence-electron chi connectivity index (χ0n) is 19.3. The Hall–Kier alpha value is -2.87.